The number of fused-ring (bicyclic) bond motifs is 6. The van der Waals surface area contributed by atoms with Gasteiger partial charge in [0.15, 0.2) is 0 Å². The molecular formula is C54H32S2. The maximum atomic E-state index is 2.42. The predicted molar refractivity (Wildman–Crippen MR) is 240 cm³/mol. The van der Waals surface area contributed by atoms with Gasteiger partial charge in [-0.2, -0.15) is 0 Å². The van der Waals surface area contributed by atoms with Crippen LogP contribution in [0.1, 0.15) is 0 Å². The molecule has 0 saturated carbocycles. The van der Waals surface area contributed by atoms with E-state index >= 15 is 0 Å². The summed E-state index contributed by atoms with van der Waals surface area (Å²) in [4.78, 5) is 5.28. The van der Waals surface area contributed by atoms with Crippen molar-refractivity contribution in [2.24, 2.45) is 0 Å². The van der Waals surface area contributed by atoms with Crippen molar-refractivity contribution in [2.75, 3.05) is 0 Å². The minimum atomic E-state index is 1.24. The standard InChI is InChI=1S/C54H32S2/c1-3-11-33(12-4-1)45-27-35-15-7-9-17-37(35)29-47(45)39-19-21-41-43-23-24-44-42-22-20-40(32-52(42)56-50-26-25-49(53(43)54(44)50)55-51(41)31-39)48-30-38-18-10-8-16-36(38)28-46(48)34-13-5-2-6-14-34/h1-32H. The highest BCUT2D eigenvalue weighted by Gasteiger charge is 2.27. The van der Waals surface area contributed by atoms with E-state index in [2.05, 4.69) is 194 Å². The largest absolute Gasteiger partial charge is 0.0887 e. The van der Waals surface area contributed by atoms with Gasteiger partial charge < -0.3 is 0 Å². The van der Waals surface area contributed by atoms with Crippen molar-refractivity contribution in [1.29, 1.82) is 0 Å². The molecule has 0 atom stereocenters. The second-order valence-corrected chi connectivity index (χ2v) is 17.0. The van der Waals surface area contributed by atoms with E-state index in [4.69, 9.17) is 0 Å². The van der Waals surface area contributed by atoms with Crippen LogP contribution >= 0.6 is 23.5 Å². The van der Waals surface area contributed by atoms with Gasteiger partial charge in [0.25, 0.3) is 0 Å². The Kier molecular flexibility index (Phi) is 7.20. The number of hydrogen-bond donors (Lipinski definition) is 0. The van der Waals surface area contributed by atoms with E-state index in [1.165, 1.54) is 119 Å². The van der Waals surface area contributed by atoms with Crippen LogP contribution in [0.25, 0.3) is 99.1 Å². The van der Waals surface area contributed by atoms with Crippen LogP contribution in [0.2, 0.25) is 0 Å². The zero-order chi connectivity index (χ0) is 36.7. The van der Waals surface area contributed by atoms with Gasteiger partial charge in [-0.25, -0.2) is 0 Å². The lowest BCUT2D eigenvalue weighted by atomic mass is 9.88. The molecule has 56 heavy (non-hydrogen) atoms. The molecule has 0 bridgehead atoms. The smallest absolute Gasteiger partial charge is 0.0208 e. The minimum Gasteiger partial charge on any atom is -0.0887 e. The summed E-state index contributed by atoms with van der Waals surface area (Å²) in [5.74, 6) is 0. The lowest BCUT2D eigenvalue weighted by Crippen LogP contribution is -1.99. The molecule has 0 spiro atoms. The Morgan fingerprint density at radius 2 is 0.554 bits per heavy atom. The van der Waals surface area contributed by atoms with Gasteiger partial charge in [0.1, 0.15) is 0 Å². The zero-order valence-corrected chi connectivity index (χ0v) is 31.9. The minimum absolute atomic E-state index is 1.24. The molecule has 2 heterocycles. The Hall–Kier alpha value is -6.32. The lowest BCUT2D eigenvalue weighted by Gasteiger charge is -2.27. The third-order valence-corrected chi connectivity index (χ3v) is 13.9. The molecule has 0 amide bonds. The highest BCUT2D eigenvalue weighted by molar-refractivity contribution is 8.00. The van der Waals surface area contributed by atoms with Crippen LogP contribution in [0.15, 0.2) is 214 Å². The van der Waals surface area contributed by atoms with E-state index in [1.807, 2.05) is 23.5 Å². The van der Waals surface area contributed by atoms with E-state index in [0.717, 1.165) is 0 Å². The molecule has 0 aromatic heterocycles. The molecule has 2 heteroatoms. The first kappa shape index (κ1) is 32.0. The van der Waals surface area contributed by atoms with Gasteiger partial charge in [-0.05, 0) is 137 Å². The van der Waals surface area contributed by atoms with Gasteiger partial charge in [0.05, 0.1) is 0 Å². The summed E-state index contributed by atoms with van der Waals surface area (Å²) >= 11 is 3.83. The Balaban J connectivity index is 0.972. The molecule has 10 aromatic rings. The van der Waals surface area contributed by atoms with E-state index in [1.54, 1.807) is 0 Å². The molecule has 0 N–H and O–H groups in total. The summed E-state index contributed by atoms with van der Waals surface area (Å²) in [5, 5.41) is 7.80. The second kappa shape index (κ2) is 12.6. The number of rotatable bonds is 4. The topological polar surface area (TPSA) is 0 Å². The molecule has 260 valence electrons. The summed E-state index contributed by atoms with van der Waals surface area (Å²) in [6.45, 7) is 0. The maximum Gasteiger partial charge on any atom is 0.0208 e. The third-order valence-electron chi connectivity index (χ3n) is 11.6. The summed E-state index contributed by atoms with van der Waals surface area (Å²) < 4.78 is 0. The van der Waals surface area contributed by atoms with Crippen LogP contribution in [-0.2, 0) is 0 Å². The highest BCUT2D eigenvalue weighted by Crippen LogP contribution is 2.57. The number of hydrogen-bond acceptors (Lipinski definition) is 2. The van der Waals surface area contributed by atoms with Crippen LogP contribution in [0, 0.1) is 0 Å². The molecule has 0 saturated heterocycles. The van der Waals surface area contributed by atoms with Gasteiger partial charge in [0.2, 0.25) is 0 Å². The zero-order valence-electron chi connectivity index (χ0n) is 30.3. The second-order valence-electron chi connectivity index (χ2n) is 14.8. The van der Waals surface area contributed by atoms with Crippen molar-refractivity contribution in [2.45, 2.75) is 19.6 Å². The lowest BCUT2D eigenvalue weighted by molar-refractivity contribution is 1.34. The molecule has 0 nitrogen and oxygen atoms in total. The van der Waals surface area contributed by atoms with Crippen molar-refractivity contribution in [3.05, 3.63) is 194 Å². The molecule has 10 aromatic carbocycles. The van der Waals surface area contributed by atoms with Crippen LogP contribution in [0.4, 0.5) is 0 Å². The Bertz CT molecular complexity index is 3020. The average Bonchev–Trinajstić information content (AvgIpc) is 3.27. The summed E-state index contributed by atoms with van der Waals surface area (Å²) in [5.41, 5.74) is 15.3. The molecular weight excluding hydrogens is 713 g/mol. The molecule has 0 aliphatic carbocycles. The van der Waals surface area contributed by atoms with Crippen molar-refractivity contribution >= 4 is 55.8 Å². The molecule has 0 fully saturated rings. The van der Waals surface area contributed by atoms with Crippen molar-refractivity contribution < 1.29 is 0 Å². The molecule has 0 unspecified atom stereocenters. The van der Waals surface area contributed by atoms with Gasteiger partial charge in [0, 0.05) is 30.4 Å². The van der Waals surface area contributed by atoms with Crippen LogP contribution in [0.5, 0.6) is 0 Å². The van der Waals surface area contributed by atoms with E-state index in [0.29, 0.717) is 0 Å². The normalized spacial score (nSPS) is 12.5. The van der Waals surface area contributed by atoms with Gasteiger partial charge >= 0.3 is 0 Å². The SMILES string of the molecule is c1ccc(-c2cc3ccccc3cc2-c2ccc3c(c2)Sc2ccc4c5c(ccc-3c25)-c2ccc(-c3cc5ccccc5cc3-c3ccccc3)cc2S4)cc1. The van der Waals surface area contributed by atoms with Crippen molar-refractivity contribution in [3.8, 4) is 66.8 Å². The molecule has 12 rings (SSSR count). The predicted octanol–water partition coefficient (Wildman–Crippen LogP) is 16.1. The third kappa shape index (κ3) is 5.03. The number of benzene rings is 10. The van der Waals surface area contributed by atoms with E-state index < -0.39 is 0 Å². The van der Waals surface area contributed by atoms with Crippen LogP contribution in [0.3, 0.4) is 0 Å². The molecule has 2 aliphatic rings. The Labute approximate surface area is 334 Å². The fourth-order valence-corrected chi connectivity index (χ4v) is 11.3. The van der Waals surface area contributed by atoms with E-state index in [-0.39, 0.29) is 0 Å². The van der Waals surface area contributed by atoms with Crippen LogP contribution < -0.4 is 0 Å². The fourth-order valence-electron chi connectivity index (χ4n) is 8.95. The average molecular weight is 745 g/mol. The monoisotopic (exact) mass is 744 g/mol. The first-order chi connectivity index (χ1) is 27.7. The van der Waals surface area contributed by atoms with E-state index in [9.17, 15) is 0 Å². The van der Waals surface area contributed by atoms with Gasteiger partial charge in [-0.1, -0.05) is 169 Å². The summed E-state index contributed by atoms with van der Waals surface area (Å²) in [6.07, 6.45) is 0. The molecule has 2 aliphatic heterocycles. The quantitative estimate of drug-likeness (QED) is 0.176. The fraction of sp³-hybridized carbons (Fsp3) is 0. The molecule has 0 radical (unpaired) electrons. The van der Waals surface area contributed by atoms with Crippen LogP contribution in [-0.4, -0.2) is 0 Å². The Morgan fingerprint density at radius 1 is 0.214 bits per heavy atom. The first-order valence-electron chi connectivity index (χ1n) is 19.1. The Morgan fingerprint density at radius 3 is 0.946 bits per heavy atom. The van der Waals surface area contributed by atoms with Crippen molar-refractivity contribution in [1.82, 2.24) is 0 Å². The van der Waals surface area contributed by atoms with Crippen molar-refractivity contribution in [3.63, 3.8) is 0 Å². The highest BCUT2D eigenvalue weighted by atomic mass is 32.2. The first-order valence-corrected chi connectivity index (χ1v) is 20.8. The maximum absolute atomic E-state index is 2.42. The summed E-state index contributed by atoms with van der Waals surface area (Å²) in [6, 6.07) is 72.1. The van der Waals surface area contributed by atoms with Gasteiger partial charge in [-0.3, -0.25) is 0 Å². The van der Waals surface area contributed by atoms with Gasteiger partial charge in [-0.15, -0.1) is 0 Å². The summed E-state index contributed by atoms with van der Waals surface area (Å²) in [7, 11) is 0.